The largest absolute Gasteiger partial charge is 0.288 e. The normalized spacial score (nSPS) is 10.6. The number of carbonyl (C=O) groups is 1. The summed E-state index contributed by atoms with van der Waals surface area (Å²) in [6.45, 7) is 0. The summed E-state index contributed by atoms with van der Waals surface area (Å²) in [5.41, 5.74) is 0.672. The third-order valence-corrected chi connectivity index (χ3v) is 5.27. The number of carbonyl (C=O) groups excluding carboxylic acids is 1. The second-order valence-corrected chi connectivity index (χ2v) is 8.14. The summed E-state index contributed by atoms with van der Waals surface area (Å²) < 4.78 is 2.40. The van der Waals surface area contributed by atoms with E-state index >= 15 is 0 Å². The molecule has 0 aromatic carbocycles. The first-order valence-electron chi connectivity index (χ1n) is 3.83. The fourth-order valence-corrected chi connectivity index (χ4v) is 4.85. The molecular formula is C9H3Br2ClOS2. The third-order valence-electron chi connectivity index (χ3n) is 1.70. The summed E-state index contributed by atoms with van der Waals surface area (Å²) in [5.74, 6) is 0.000671. The van der Waals surface area contributed by atoms with Crippen molar-refractivity contribution in [3.05, 3.63) is 40.5 Å². The zero-order chi connectivity index (χ0) is 11.0. The van der Waals surface area contributed by atoms with Gasteiger partial charge in [0.2, 0.25) is 5.78 Å². The van der Waals surface area contributed by atoms with E-state index in [0.29, 0.717) is 14.8 Å². The maximum Gasteiger partial charge on any atom is 0.205 e. The van der Waals surface area contributed by atoms with Gasteiger partial charge in [-0.25, -0.2) is 0 Å². The molecule has 0 unspecified atom stereocenters. The molecule has 78 valence electrons. The molecule has 15 heavy (non-hydrogen) atoms. The van der Waals surface area contributed by atoms with Crippen molar-refractivity contribution in [3.63, 3.8) is 0 Å². The van der Waals surface area contributed by atoms with Crippen LogP contribution in [-0.2, 0) is 0 Å². The molecule has 0 amide bonds. The van der Waals surface area contributed by atoms with E-state index in [1.165, 1.54) is 22.7 Å². The zero-order valence-corrected chi connectivity index (χ0v) is 12.7. The van der Waals surface area contributed by atoms with E-state index in [1.54, 1.807) is 12.1 Å². The van der Waals surface area contributed by atoms with Gasteiger partial charge in [-0.05, 0) is 50.1 Å². The van der Waals surface area contributed by atoms with Crippen molar-refractivity contribution in [1.29, 1.82) is 0 Å². The van der Waals surface area contributed by atoms with Gasteiger partial charge in [-0.2, -0.15) is 0 Å². The van der Waals surface area contributed by atoms with Crippen LogP contribution in [0.3, 0.4) is 0 Å². The molecule has 2 rings (SSSR count). The number of halogens is 3. The van der Waals surface area contributed by atoms with Crippen LogP contribution in [0.2, 0.25) is 4.34 Å². The third kappa shape index (κ3) is 2.53. The molecule has 0 radical (unpaired) electrons. The maximum absolute atomic E-state index is 12.0. The number of thiophene rings is 2. The van der Waals surface area contributed by atoms with E-state index in [1.807, 2.05) is 6.07 Å². The van der Waals surface area contributed by atoms with Crippen molar-refractivity contribution in [3.8, 4) is 0 Å². The molecule has 0 bridgehead atoms. The van der Waals surface area contributed by atoms with Crippen molar-refractivity contribution < 1.29 is 4.79 Å². The van der Waals surface area contributed by atoms with Crippen LogP contribution in [-0.4, -0.2) is 5.78 Å². The van der Waals surface area contributed by atoms with Crippen molar-refractivity contribution in [2.24, 2.45) is 0 Å². The molecule has 0 saturated heterocycles. The van der Waals surface area contributed by atoms with Gasteiger partial charge >= 0.3 is 0 Å². The Morgan fingerprint density at radius 3 is 2.47 bits per heavy atom. The Labute approximate surface area is 116 Å². The molecule has 2 aromatic heterocycles. The minimum Gasteiger partial charge on any atom is -0.288 e. The van der Waals surface area contributed by atoms with Crippen molar-refractivity contribution in [2.75, 3.05) is 0 Å². The molecular weight excluding hydrogens is 383 g/mol. The Balaban J connectivity index is 2.40. The lowest BCUT2D eigenvalue weighted by molar-refractivity contribution is 0.104. The van der Waals surface area contributed by atoms with E-state index in [-0.39, 0.29) is 5.78 Å². The van der Waals surface area contributed by atoms with E-state index in [9.17, 15) is 4.79 Å². The van der Waals surface area contributed by atoms with Crippen LogP contribution in [0.1, 0.15) is 15.2 Å². The van der Waals surface area contributed by atoms with Gasteiger partial charge in [0.25, 0.3) is 0 Å². The Kier molecular flexibility index (Phi) is 3.67. The van der Waals surface area contributed by atoms with Crippen molar-refractivity contribution >= 4 is 71.9 Å². The number of hydrogen-bond acceptors (Lipinski definition) is 3. The second-order valence-electron chi connectivity index (χ2n) is 2.67. The van der Waals surface area contributed by atoms with Gasteiger partial charge in [-0.1, -0.05) is 11.6 Å². The van der Waals surface area contributed by atoms with E-state index in [0.717, 1.165) is 7.57 Å². The summed E-state index contributed by atoms with van der Waals surface area (Å²) in [6.07, 6.45) is 0. The van der Waals surface area contributed by atoms with Crippen LogP contribution in [0.15, 0.2) is 25.8 Å². The monoisotopic (exact) mass is 384 g/mol. The van der Waals surface area contributed by atoms with Crippen LogP contribution in [0.25, 0.3) is 0 Å². The van der Waals surface area contributed by atoms with Gasteiger partial charge in [-0.15, -0.1) is 22.7 Å². The summed E-state index contributed by atoms with van der Waals surface area (Å²) >= 11 is 15.3. The molecule has 0 saturated carbocycles. The number of ketones is 1. The lowest BCUT2D eigenvalue weighted by atomic mass is 10.2. The van der Waals surface area contributed by atoms with Gasteiger partial charge < -0.3 is 0 Å². The highest BCUT2D eigenvalue weighted by Gasteiger charge is 2.17. The topological polar surface area (TPSA) is 17.1 Å². The number of hydrogen-bond donors (Lipinski definition) is 0. The fourth-order valence-electron chi connectivity index (χ4n) is 1.06. The van der Waals surface area contributed by atoms with Crippen LogP contribution in [0.5, 0.6) is 0 Å². The molecule has 2 heterocycles. The van der Waals surface area contributed by atoms with Crippen molar-refractivity contribution in [1.82, 2.24) is 0 Å². The molecule has 0 aliphatic heterocycles. The Hall–Kier alpha value is 0.320. The molecule has 1 nitrogen and oxygen atoms in total. The highest BCUT2D eigenvalue weighted by molar-refractivity contribution is 9.12. The predicted molar refractivity (Wildman–Crippen MR) is 72.5 cm³/mol. The van der Waals surface area contributed by atoms with Gasteiger partial charge in [0.15, 0.2) is 0 Å². The lowest BCUT2D eigenvalue weighted by Gasteiger charge is -1.93. The Bertz CT molecular complexity index is 518. The van der Waals surface area contributed by atoms with Crippen LogP contribution < -0.4 is 0 Å². The van der Waals surface area contributed by atoms with Crippen molar-refractivity contribution in [2.45, 2.75) is 0 Å². The molecule has 0 N–H and O–H groups in total. The fraction of sp³-hybridized carbons (Fsp3) is 0. The minimum absolute atomic E-state index is 0.000671. The Morgan fingerprint density at radius 2 is 2.00 bits per heavy atom. The molecule has 0 aliphatic carbocycles. The summed E-state index contributed by atoms with van der Waals surface area (Å²) in [6, 6.07) is 5.28. The number of rotatable bonds is 2. The van der Waals surface area contributed by atoms with E-state index < -0.39 is 0 Å². The summed E-state index contributed by atoms with van der Waals surface area (Å²) in [5, 5.41) is 0. The van der Waals surface area contributed by atoms with Crippen LogP contribution in [0, 0.1) is 0 Å². The van der Waals surface area contributed by atoms with Crippen LogP contribution in [0.4, 0.5) is 0 Å². The Morgan fingerprint density at radius 1 is 1.27 bits per heavy atom. The quantitative estimate of drug-likeness (QED) is 0.647. The summed E-state index contributed by atoms with van der Waals surface area (Å²) in [7, 11) is 0. The lowest BCUT2D eigenvalue weighted by Crippen LogP contribution is -1.96. The smallest absolute Gasteiger partial charge is 0.205 e. The SMILES string of the molecule is O=C(c1ccc(Cl)s1)c1cc(Br)sc1Br. The highest BCUT2D eigenvalue weighted by atomic mass is 79.9. The first-order chi connectivity index (χ1) is 7.08. The molecule has 6 heteroatoms. The standard InChI is InChI=1S/C9H3Br2ClOS2/c10-6-3-4(9(11)15-6)8(13)5-1-2-7(12)14-5/h1-3H. The van der Waals surface area contributed by atoms with Crippen LogP contribution >= 0.6 is 66.1 Å². The average molecular weight is 387 g/mol. The van der Waals surface area contributed by atoms with E-state index in [2.05, 4.69) is 31.9 Å². The van der Waals surface area contributed by atoms with Gasteiger partial charge in [-0.3, -0.25) is 4.79 Å². The minimum atomic E-state index is 0.000671. The van der Waals surface area contributed by atoms with Gasteiger partial charge in [0, 0.05) is 5.56 Å². The predicted octanol–water partition coefficient (Wildman–Crippen LogP) is 5.22. The average Bonchev–Trinajstić information content (AvgIpc) is 2.71. The first-order valence-corrected chi connectivity index (χ1v) is 7.42. The second kappa shape index (κ2) is 4.67. The van der Waals surface area contributed by atoms with E-state index in [4.69, 9.17) is 11.6 Å². The molecule has 2 aromatic rings. The molecule has 0 aliphatic rings. The molecule has 0 atom stereocenters. The summed E-state index contributed by atoms with van der Waals surface area (Å²) in [4.78, 5) is 12.7. The van der Waals surface area contributed by atoms with Gasteiger partial charge in [0.05, 0.1) is 16.8 Å². The molecule has 0 spiro atoms. The molecule has 0 fully saturated rings. The first kappa shape index (κ1) is 11.8. The highest BCUT2D eigenvalue weighted by Crippen LogP contribution is 2.34. The zero-order valence-electron chi connectivity index (χ0n) is 7.09. The maximum atomic E-state index is 12.0. The van der Waals surface area contributed by atoms with Gasteiger partial charge in [0.1, 0.15) is 0 Å².